The van der Waals surface area contributed by atoms with Crippen molar-refractivity contribution in [3.63, 3.8) is 0 Å². The van der Waals surface area contributed by atoms with E-state index in [1.54, 1.807) is 13.3 Å². The molecule has 0 saturated heterocycles. The fourth-order valence-electron chi connectivity index (χ4n) is 4.04. The molecule has 1 rings (SSSR count). The molecule has 194 valence electrons. The Morgan fingerprint density at radius 3 is 2.03 bits per heavy atom. The van der Waals surface area contributed by atoms with Crippen molar-refractivity contribution in [3.05, 3.63) is 36.0 Å². The zero-order valence-electron chi connectivity index (χ0n) is 21.9. The van der Waals surface area contributed by atoms with Crippen LogP contribution < -0.4 is 20.5 Å². The molecule has 0 aliphatic rings. The quantitative estimate of drug-likeness (QED) is 0.176. The number of unbranched alkanes of at least 4 members (excludes halogenated alkanes) is 14. The number of carbonyl (C=O) groups is 1. The number of ether oxygens (including phenoxy) is 2. The van der Waals surface area contributed by atoms with Gasteiger partial charge in [0.1, 0.15) is 6.61 Å². The molecule has 0 aliphatic carbocycles. The summed E-state index contributed by atoms with van der Waals surface area (Å²) in [6.07, 6.45) is 24.4. The minimum Gasteiger partial charge on any atom is -0.493 e. The molecule has 0 unspecified atom stereocenters. The number of benzene rings is 1. The van der Waals surface area contributed by atoms with Gasteiger partial charge in [-0.15, -0.1) is 0 Å². The van der Waals surface area contributed by atoms with Crippen LogP contribution in [0.4, 0.5) is 0 Å². The summed E-state index contributed by atoms with van der Waals surface area (Å²) < 4.78 is 10.9. The van der Waals surface area contributed by atoms with Gasteiger partial charge in [0.05, 0.1) is 13.5 Å². The molecular formula is C29H50N2O3. The maximum atomic E-state index is 12.2. The van der Waals surface area contributed by atoms with Crippen molar-refractivity contribution < 1.29 is 14.3 Å². The first-order valence-corrected chi connectivity index (χ1v) is 13.7. The zero-order chi connectivity index (χ0) is 24.7. The highest BCUT2D eigenvalue weighted by Gasteiger charge is 2.08. The number of carbonyl (C=O) groups excluding carboxylic acids is 1. The van der Waals surface area contributed by atoms with Crippen molar-refractivity contribution in [1.29, 1.82) is 0 Å². The molecule has 0 radical (unpaired) electrons. The number of hydrogen-bond acceptors (Lipinski definition) is 4. The third kappa shape index (κ3) is 15.8. The summed E-state index contributed by atoms with van der Waals surface area (Å²) in [6.45, 7) is 3.15. The predicted molar refractivity (Wildman–Crippen MR) is 143 cm³/mol. The van der Waals surface area contributed by atoms with Crippen LogP contribution in [0.25, 0.3) is 0 Å². The van der Waals surface area contributed by atoms with Gasteiger partial charge in [-0.3, -0.25) is 4.79 Å². The highest BCUT2D eigenvalue weighted by atomic mass is 16.5. The van der Waals surface area contributed by atoms with Gasteiger partial charge in [-0.05, 0) is 36.7 Å². The van der Waals surface area contributed by atoms with Crippen LogP contribution in [0.1, 0.15) is 109 Å². The third-order valence-electron chi connectivity index (χ3n) is 6.05. The molecule has 0 atom stereocenters. The molecule has 1 amide bonds. The largest absolute Gasteiger partial charge is 0.493 e. The Labute approximate surface area is 208 Å². The second-order valence-electron chi connectivity index (χ2n) is 9.15. The lowest BCUT2D eigenvalue weighted by Gasteiger charge is -2.11. The van der Waals surface area contributed by atoms with E-state index >= 15 is 0 Å². The molecule has 0 aromatic heterocycles. The summed E-state index contributed by atoms with van der Waals surface area (Å²) in [7, 11) is 1.59. The van der Waals surface area contributed by atoms with E-state index < -0.39 is 0 Å². The van der Waals surface area contributed by atoms with E-state index in [-0.39, 0.29) is 5.91 Å². The van der Waals surface area contributed by atoms with Crippen molar-refractivity contribution in [2.75, 3.05) is 20.3 Å². The van der Waals surface area contributed by atoms with E-state index in [9.17, 15) is 4.79 Å². The van der Waals surface area contributed by atoms with Gasteiger partial charge in [-0.2, -0.15) is 0 Å². The van der Waals surface area contributed by atoms with Crippen LogP contribution in [-0.4, -0.2) is 26.2 Å². The fourth-order valence-corrected chi connectivity index (χ4v) is 4.04. The van der Waals surface area contributed by atoms with Gasteiger partial charge >= 0.3 is 0 Å². The van der Waals surface area contributed by atoms with Crippen LogP contribution >= 0.6 is 0 Å². The SMILES string of the molecule is CCCCCCCCCCCCCCCC/C=C/NC(=O)Cc1ccc(OCCN)c(OC)c1. The third-order valence-corrected chi connectivity index (χ3v) is 6.05. The molecule has 5 heteroatoms. The van der Waals surface area contributed by atoms with E-state index in [0.717, 1.165) is 12.0 Å². The molecule has 0 heterocycles. The van der Waals surface area contributed by atoms with Gasteiger partial charge < -0.3 is 20.5 Å². The number of nitrogens with one attached hydrogen (secondary N) is 1. The molecule has 0 fully saturated rings. The molecule has 5 nitrogen and oxygen atoms in total. The molecule has 0 bridgehead atoms. The van der Waals surface area contributed by atoms with Crippen LogP contribution in [0.15, 0.2) is 30.5 Å². The average molecular weight is 475 g/mol. The molecule has 0 aliphatic heterocycles. The minimum atomic E-state index is -0.0325. The van der Waals surface area contributed by atoms with Crippen molar-refractivity contribution in [2.45, 2.75) is 110 Å². The first-order valence-electron chi connectivity index (χ1n) is 13.7. The molecule has 3 N–H and O–H groups in total. The van der Waals surface area contributed by atoms with Crippen molar-refractivity contribution in [2.24, 2.45) is 5.73 Å². The Bertz CT molecular complexity index is 661. The molecule has 0 saturated carbocycles. The van der Waals surface area contributed by atoms with Crippen LogP contribution in [0.2, 0.25) is 0 Å². The van der Waals surface area contributed by atoms with Gasteiger partial charge in [0, 0.05) is 6.54 Å². The lowest BCUT2D eigenvalue weighted by Crippen LogP contribution is -2.19. The first kappa shape index (κ1) is 30.0. The molecule has 1 aromatic rings. The Kier molecular flexibility index (Phi) is 19.0. The maximum absolute atomic E-state index is 12.2. The summed E-state index contributed by atoms with van der Waals surface area (Å²) in [4.78, 5) is 12.2. The van der Waals surface area contributed by atoms with Gasteiger partial charge in [0.15, 0.2) is 11.5 Å². The number of methoxy groups -OCH3 is 1. The number of hydrogen-bond donors (Lipinski definition) is 2. The highest BCUT2D eigenvalue weighted by Crippen LogP contribution is 2.28. The standard InChI is InChI=1S/C29H50N2O3/c1-3-4-5-6-7-8-9-10-11-12-13-14-15-16-17-18-22-31-29(32)25-26-19-20-27(34-23-21-30)28(24-26)33-2/h18-20,22,24H,3-17,21,23,25,30H2,1-2H3,(H,31,32)/b22-18+. The van der Waals surface area contributed by atoms with E-state index in [2.05, 4.69) is 18.3 Å². The predicted octanol–water partition coefficient (Wildman–Crippen LogP) is 7.08. The average Bonchev–Trinajstić information content (AvgIpc) is 2.85. The van der Waals surface area contributed by atoms with E-state index in [0.29, 0.717) is 31.1 Å². The molecule has 1 aromatic carbocycles. The Morgan fingerprint density at radius 2 is 1.47 bits per heavy atom. The lowest BCUT2D eigenvalue weighted by molar-refractivity contribution is -0.119. The Hall–Kier alpha value is -2.01. The van der Waals surface area contributed by atoms with Crippen molar-refractivity contribution in [1.82, 2.24) is 5.32 Å². The van der Waals surface area contributed by atoms with E-state index in [1.165, 1.54) is 89.9 Å². The molecule has 34 heavy (non-hydrogen) atoms. The summed E-state index contributed by atoms with van der Waals surface area (Å²) in [5.74, 6) is 1.23. The van der Waals surface area contributed by atoms with Crippen LogP contribution in [0, 0.1) is 0 Å². The number of nitrogens with two attached hydrogens (primary N) is 1. The topological polar surface area (TPSA) is 73.6 Å². The second kappa shape index (κ2) is 21.5. The van der Waals surface area contributed by atoms with E-state index in [1.807, 2.05) is 18.2 Å². The number of amides is 1. The van der Waals surface area contributed by atoms with Gasteiger partial charge in [0.25, 0.3) is 0 Å². The van der Waals surface area contributed by atoms with E-state index in [4.69, 9.17) is 15.2 Å². The van der Waals surface area contributed by atoms with Crippen LogP contribution in [-0.2, 0) is 11.2 Å². The fraction of sp³-hybridized carbons (Fsp3) is 0.690. The van der Waals surface area contributed by atoms with Crippen molar-refractivity contribution >= 4 is 5.91 Å². The Balaban J connectivity index is 2.00. The number of rotatable bonds is 22. The first-order chi connectivity index (χ1) is 16.7. The molecular weight excluding hydrogens is 424 g/mol. The van der Waals surface area contributed by atoms with Gasteiger partial charge in [-0.1, -0.05) is 103 Å². The number of allylic oxidation sites excluding steroid dienone is 1. The van der Waals surface area contributed by atoms with Crippen LogP contribution in [0.5, 0.6) is 11.5 Å². The normalized spacial score (nSPS) is 11.1. The van der Waals surface area contributed by atoms with Crippen molar-refractivity contribution in [3.8, 4) is 11.5 Å². The summed E-state index contributed by atoms with van der Waals surface area (Å²) >= 11 is 0. The smallest absolute Gasteiger partial charge is 0.228 e. The van der Waals surface area contributed by atoms with Gasteiger partial charge in [0.2, 0.25) is 5.91 Å². The highest BCUT2D eigenvalue weighted by molar-refractivity contribution is 5.79. The summed E-state index contributed by atoms with van der Waals surface area (Å²) in [5.41, 5.74) is 6.36. The minimum absolute atomic E-state index is 0.0325. The zero-order valence-corrected chi connectivity index (χ0v) is 21.9. The maximum Gasteiger partial charge on any atom is 0.228 e. The lowest BCUT2D eigenvalue weighted by atomic mass is 10.0. The second-order valence-corrected chi connectivity index (χ2v) is 9.15. The summed E-state index contributed by atoms with van der Waals surface area (Å²) in [5, 5.41) is 2.86. The Morgan fingerprint density at radius 1 is 0.882 bits per heavy atom. The monoisotopic (exact) mass is 474 g/mol. The molecule has 0 spiro atoms. The van der Waals surface area contributed by atoms with Gasteiger partial charge in [-0.25, -0.2) is 0 Å². The summed E-state index contributed by atoms with van der Waals surface area (Å²) in [6, 6.07) is 5.54. The van der Waals surface area contributed by atoms with Crippen LogP contribution in [0.3, 0.4) is 0 Å².